The monoisotopic (exact) mass is 241 g/mol. The average Bonchev–Trinajstić information content (AvgIpc) is 2.27. The van der Waals surface area contributed by atoms with Crippen molar-refractivity contribution in [3.63, 3.8) is 0 Å². The lowest BCUT2D eigenvalue weighted by atomic mass is 9.86. The van der Waals surface area contributed by atoms with Crippen LogP contribution in [0, 0.1) is 6.92 Å². The van der Waals surface area contributed by atoms with Gasteiger partial charge in [-0.3, -0.25) is 0 Å². The number of aromatic nitrogens is 2. The average molecular weight is 241 g/mol. The van der Waals surface area contributed by atoms with E-state index < -0.39 is 0 Å². The van der Waals surface area contributed by atoms with Gasteiger partial charge >= 0.3 is 0 Å². The maximum Gasteiger partial charge on any atom is 0.128 e. The molecule has 1 heterocycles. The lowest BCUT2D eigenvalue weighted by Crippen LogP contribution is -2.10. The zero-order chi connectivity index (χ0) is 13.3. The molecule has 0 saturated carbocycles. The lowest BCUT2D eigenvalue weighted by molar-refractivity contribution is 0.590. The van der Waals surface area contributed by atoms with Gasteiger partial charge in [-0.1, -0.05) is 45.0 Å². The third kappa shape index (κ3) is 2.67. The van der Waals surface area contributed by atoms with Crippen LogP contribution in [0.4, 0.5) is 5.82 Å². The normalized spacial score (nSPS) is 11.6. The molecule has 2 rings (SSSR count). The molecule has 0 aliphatic carbocycles. The zero-order valence-electron chi connectivity index (χ0n) is 11.4. The van der Waals surface area contributed by atoms with Gasteiger partial charge in [0, 0.05) is 11.6 Å². The molecule has 2 N–H and O–H groups in total. The number of hydrogen-bond acceptors (Lipinski definition) is 3. The first-order valence-corrected chi connectivity index (χ1v) is 6.08. The lowest BCUT2D eigenvalue weighted by Gasteiger charge is -2.19. The van der Waals surface area contributed by atoms with Crippen molar-refractivity contribution in [3.8, 4) is 11.3 Å². The van der Waals surface area contributed by atoms with Crippen LogP contribution in [0.1, 0.15) is 32.2 Å². The highest BCUT2D eigenvalue weighted by atomic mass is 14.9. The highest BCUT2D eigenvalue weighted by molar-refractivity contribution is 5.62. The van der Waals surface area contributed by atoms with Gasteiger partial charge < -0.3 is 5.73 Å². The standard InChI is InChI=1S/C15H19N3/c1-10-17-13(9-14(16)18-10)11-5-7-12(8-6-11)15(2,3)4/h5-9H,1-4H3,(H2,16,17,18). The number of rotatable bonds is 1. The fraction of sp³-hybridized carbons (Fsp3) is 0.333. The second-order valence-electron chi connectivity index (χ2n) is 5.55. The predicted molar refractivity (Wildman–Crippen MR) is 75.3 cm³/mol. The Morgan fingerprint density at radius 2 is 1.61 bits per heavy atom. The molecule has 0 unspecified atom stereocenters. The van der Waals surface area contributed by atoms with Gasteiger partial charge in [-0.05, 0) is 17.9 Å². The maximum absolute atomic E-state index is 5.74. The number of aryl methyl sites for hydroxylation is 1. The van der Waals surface area contributed by atoms with Crippen molar-refractivity contribution >= 4 is 5.82 Å². The Morgan fingerprint density at radius 1 is 1.00 bits per heavy atom. The minimum atomic E-state index is 0.166. The minimum Gasteiger partial charge on any atom is -0.384 e. The maximum atomic E-state index is 5.74. The molecular formula is C15H19N3. The first kappa shape index (κ1) is 12.6. The van der Waals surface area contributed by atoms with Gasteiger partial charge in [0.2, 0.25) is 0 Å². The van der Waals surface area contributed by atoms with E-state index in [0.29, 0.717) is 11.6 Å². The van der Waals surface area contributed by atoms with Crippen molar-refractivity contribution in [1.82, 2.24) is 9.97 Å². The molecule has 0 fully saturated rings. The summed E-state index contributed by atoms with van der Waals surface area (Å²) in [5.41, 5.74) is 9.17. The molecule has 3 heteroatoms. The summed E-state index contributed by atoms with van der Waals surface area (Å²) in [5, 5.41) is 0. The highest BCUT2D eigenvalue weighted by Crippen LogP contribution is 2.25. The van der Waals surface area contributed by atoms with Crippen molar-refractivity contribution in [2.45, 2.75) is 33.1 Å². The summed E-state index contributed by atoms with van der Waals surface area (Å²) in [6, 6.07) is 10.3. The summed E-state index contributed by atoms with van der Waals surface area (Å²) >= 11 is 0. The van der Waals surface area contributed by atoms with Crippen molar-refractivity contribution in [2.24, 2.45) is 0 Å². The van der Waals surface area contributed by atoms with Crippen molar-refractivity contribution in [3.05, 3.63) is 41.7 Å². The fourth-order valence-corrected chi connectivity index (χ4v) is 1.88. The highest BCUT2D eigenvalue weighted by Gasteiger charge is 2.13. The number of benzene rings is 1. The second kappa shape index (κ2) is 4.41. The number of nitrogens with zero attached hydrogens (tertiary/aromatic N) is 2. The van der Waals surface area contributed by atoms with Crippen LogP contribution in [-0.2, 0) is 5.41 Å². The van der Waals surface area contributed by atoms with Crippen LogP contribution in [0.3, 0.4) is 0 Å². The summed E-state index contributed by atoms with van der Waals surface area (Å²) in [5.74, 6) is 1.21. The molecule has 0 bridgehead atoms. The van der Waals surface area contributed by atoms with E-state index in [0.717, 1.165) is 11.3 Å². The van der Waals surface area contributed by atoms with Gasteiger partial charge in [-0.15, -0.1) is 0 Å². The number of hydrogen-bond donors (Lipinski definition) is 1. The molecule has 0 radical (unpaired) electrons. The first-order valence-electron chi connectivity index (χ1n) is 6.08. The molecule has 0 aliphatic heterocycles. The topological polar surface area (TPSA) is 51.8 Å². The van der Waals surface area contributed by atoms with Crippen LogP contribution in [0.5, 0.6) is 0 Å². The van der Waals surface area contributed by atoms with E-state index in [9.17, 15) is 0 Å². The summed E-state index contributed by atoms with van der Waals surface area (Å²) in [7, 11) is 0. The summed E-state index contributed by atoms with van der Waals surface area (Å²) in [6.07, 6.45) is 0. The van der Waals surface area contributed by atoms with E-state index >= 15 is 0 Å². The Balaban J connectivity index is 2.40. The minimum absolute atomic E-state index is 0.166. The van der Waals surface area contributed by atoms with Crippen LogP contribution in [0.2, 0.25) is 0 Å². The van der Waals surface area contributed by atoms with Crippen LogP contribution in [0.25, 0.3) is 11.3 Å². The van der Waals surface area contributed by atoms with Gasteiger partial charge in [-0.25, -0.2) is 9.97 Å². The van der Waals surface area contributed by atoms with Gasteiger partial charge in [0.15, 0.2) is 0 Å². The molecule has 0 spiro atoms. The van der Waals surface area contributed by atoms with Crippen LogP contribution >= 0.6 is 0 Å². The van der Waals surface area contributed by atoms with E-state index in [4.69, 9.17) is 5.73 Å². The van der Waals surface area contributed by atoms with Crippen LogP contribution < -0.4 is 5.73 Å². The first-order chi connectivity index (χ1) is 8.36. The molecule has 0 amide bonds. The molecule has 0 saturated heterocycles. The fourth-order valence-electron chi connectivity index (χ4n) is 1.88. The Bertz CT molecular complexity index is 531. The predicted octanol–water partition coefficient (Wildman–Crippen LogP) is 3.33. The summed E-state index contributed by atoms with van der Waals surface area (Å²) in [4.78, 5) is 8.49. The van der Waals surface area contributed by atoms with Gasteiger partial charge in [0.05, 0.1) is 5.69 Å². The Morgan fingerprint density at radius 3 is 2.11 bits per heavy atom. The number of nitrogen functional groups attached to an aromatic ring is 1. The van der Waals surface area contributed by atoms with Gasteiger partial charge in [0.25, 0.3) is 0 Å². The summed E-state index contributed by atoms with van der Waals surface area (Å²) in [6.45, 7) is 8.46. The van der Waals surface area contributed by atoms with Crippen molar-refractivity contribution in [2.75, 3.05) is 5.73 Å². The number of nitrogens with two attached hydrogens (primary N) is 1. The van der Waals surface area contributed by atoms with E-state index in [-0.39, 0.29) is 5.41 Å². The van der Waals surface area contributed by atoms with Crippen LogP contribution in [0.15, 0.2) is 30.3 Å². The third-order valence-corrected chi connectivity index (χ3v) is 2.90. The third-order valence-electron chi connectivity index (χ3n) is 2.90. The van der Waals surface area contributed by atoms with E-state index in [1.54, 1.807) is 6.07 Å². The Labute approximate surface area is 108 Å². The zero-order valence-corrected chi connectivity index (χ0v) is 11.4. The number of anilines is 1. The molecule has 3 nitrogen and oxygen atoms in total. The van der Waals surface area contributed by atoms with Crippen LogP contribution in [-0.4, -0.2) is 9.97 Å². The largest absolute Gasteiger partial charge is 0.384 e. The molecule has 0 aliphatic rings. The van der Waals surface area contributed by atoms with Gasteiger partial charge in [0.1, 0.15) is 11.6 Å². The molecule has 18 heavy (non-hydrogen) atoms. The molecular weight excluding hydrogens is 222 g/mol. The SMILES string of the molecule is Cc1nc(N)cc(-c2ccc(C(C)(C)C)cc2)n1. The molecule has 1 aromatic carbocycles. The molecule has 1 aromatic heterocycles. The van der Waals surface area contributed by atoms with E-state index in [1.807, 2.05) is 6.92 Å². The Hall–Kier alpha value is -1.90. The molecule has 2 aromatic rings. The Kier molecular flexibility index (Phi) is 3.07. The van der Waals surface area contributed by atoms with E-state index in [2.05, 4.69) is 55.0 Å². The second-order valence-corrected chi connectivity index (χ2v) is 5.55. The smallest absolute Gasteiger partial charge is 0.128 e. The van der Waals surface area contributed by atoms with Crippen molar-refractivity contribution in [1.29, 1.82) is 0 Å². The quantitative estimate of drug-likeness (QED) is 0.833. The van der Waals surface area contributed by atoms with Crippen molar-refractivity contribution < 1.29 is 0 Å². The van der Waals surface area contributed by atoms with E-state index in [1.165, 1.54) is 5.56 Å². The van der Waals surface area contributed by atoms with Gasteiger partial charge in [-0.2, -0.15) is 0 Å². The molecule has 0 atom stereocenters. The molecule has 94 valence electrons. The summed E-state index contributed by atoms with van der Waals surface area (Å²) < 4.78 is 0.